The molecular formula is C102H53N3O6. The van der Waals surface area contributed by atoms with E-state index in [1.165, 1.54) is 5.39 Å². The molecular weight excluding hydrogens is 1360 g/mol. The molecule has 9 heterocycles. The Morgan fingerprint density at radius 1 is 0.171 bits per heavy atom. The normalized spacial score (nSPS) is 12.7. The largest absolute Gasteiger partial charge is 0.456 e. The molecule has 18 aromatic carbocycles. The minimum atomic E-state index is 0.780. The lowest BCUT2D eigenvalue weighted by Gasteiger charge is -2.16. The van der Waals surface area contributed by atoms with E-state index in [1.54, 1.807) is 0 Å². The molecule has 27 aromatic rings. The molecule has 0 bridgehead atoms. The Morgan fingerprint density at radius 2 is 0.613 bits per heavy atom. The maximum atomic E-state index is 7.57. The summed E-state index contributed by atoms with van der Waals surface area (Å²) < 4.78 is 48.9. The second-order valence-electron chi connectivity index (χ2n) is 29.9. The first-order valence-electron chi connectivity index (χ1n) is 37.8. The molecule has 0 fully saturated rings. The predicted octanol–water partition coefficient (Wildman–Crippen LogP) is 29.2. The predicted molar refractivity (Wildman–Crippen MR) is 457 cm³/mol. The van der Waals surface area contributed by atoms with Crippen molar-refractivity contribution in [1.82, 2.24) is 13.7 Å². The molecule has 9 heteroatoms. The second-order valence-corrected chi connectivity index (χ2v) is 29.9. The van der Waals surface area contributed by atoms with E-state index in [2.05, 4.69) is 299 Å². The minimum Gasteiger partial charge on any atom is -0.456 e. The van der Waals surface area contributed by atoms with Gasteiger partial charge in [-0.05, 0) is 165 Å². The minimum absolute atomic E-state index is 0.780. The highest BCUT2D eigenvalue weighted by Crippen LogP contribution is 2.53. The van der Waals surface area contributed by atoms with Crippen molar-refractivity contribution in [2.24, 2.45) is 0 Å². The van der Waals surface area contributed by atoms with Gasteiger partial charge in [-0.25, -0.2) is 0 Å². The summed E-state index contributed by atoms with van der Waals surface area (Å²) >= 11 is 0. The lowest BCUT2D eigenvalue weighted by Crippen LogP contribution is -1.98. The van der Waals surface area contributed by atoms with Gasteiger partial charge in [-0.3, -0.25) is 0 Å². The summed E-state index contributed by atoms with van der Waals surface area (Å²) in [6.07, 6.45) is 0. The van der Waals surface area contributed by atoms with Crippen molar-refractivity contribution in [3.63, 3.8) is 0 Å². The van der Waals surface area contributed by atoms with Crippen LogP contribution in [0.4, 0.5) is 0 Å². The lowest BCUT2D eigenvalue weighted by atomic mass is 9.93. The summed E-state index contributed by atoms with van der Waals surface area (Å²) in [5.41, 5.74) is 23.6. The van der Waals surface area contributed by atoms with Gasteiger partial charge < -0.3 is 40.2 Å². The van der Waals surface area contributed by atoms with E-state index in [1.807, 2.05) is 36.4 Å². The first kappa shape index (κ1) is 58.2. The summed E-state index contributed by atoms with van der Waals surface area (Å²) in [5, 5.41) is 26.3. The molecule has 0 spiro atoms. The van der Waals surface area contributed by atoms with E-state index < -0.39 is 0 Å². The SMILES string of the molecule is c1ccc2c(c1)oc1ccc(-n3c4ccc5c(-c6ccc7oc8c(c7c6)c6ccccc6c6c8c7ccccc7n6-c6cc7c(cc6-c6ccc8c(c6)oc6c8c8ccccc8c8c9ccccc9n(-c9ccc%10oc%11ccccc%11c%10c9)c68)oc6ccccc67)cccc5c4c4ccc5c6ccccc6oc5c43)cc12. The average molecular weight is 1420 g/mol. The van der Waals surface area contributed by atoms with Crippen LogP contribution in [0.3, 0.4) is 0 Å². The second kappa shape index (κ2) is 21.0. The summed E-state index contributed by atoms with van der Waals surface area (Å²) in [7, 11) is 0. The molecule has 0 atom stereocenters. The molecule has 9 nitrogen and oxygen atoms in total. The number of aromatic nitrogens is 3. The Morgan fingerprint density at radius 3 is 1.31 bits per heavy atom. The standard InChI is InChI=1S/C102H53N3O6/c1-2-23-66-65(22-1)93-70-26-5-11-30-79(70)103(56-38-46-87-75(50-56)61-19-8-13-32-83(61)106-87)99(93)102-94(66)72-40-36-55(49-90(72)111-102)74-53-91-77(63-21-10-15-34-85(63)108-91)52-82(74)105-80-31-12-6-27-71(80)96-97(105)68-25-4-3-24-67(68)95-78-48-54(37-45-89(78)110-101(95)96)58-28-17-29-64-59(58)43-44-81-92(64)73-42-41-69-60-18-7-16-35-86(60)109-100(69)98(73)104(81)57-39-47-88-76(51-57)62-20-9-14-33-84(62)107-88/h1-53H. The fraction of sp³-hybridized carbons (Fsp3) is 0. The molecule has 0 N–H and O–H groups in total. The van der Waals surface area contributed by atoms with Gasteiger partial charge in [-0.2, -0.15) is 0 Å². The van der Waals surface area contributed by atoms with E-state index in [4.69, 9.17) is 26.5 Å². The fourth-order valence-corrected chi connectivity index (χ4v) is 19.7. The van der Waals surface area contributed by atoms with Gasteiger partial charge in [0, 0.05) is 114 Å². The van der Waals surface area contributed by atoms with Crippen molar-refractivity contribution < 1.29 is 26.5 Å². The number of nitrogens with zero attached hydrogens (tertiary/aromatic N) is 3. The van der Waals surface area contributed by atoms with Crippen molar-refractivity contribution in [2.75, 3.05) is 0 Å². The topological polar surface area (TPSA) is 93.6 Å². The van der Waals surface area contributed by atoms with Crippen molar-refractivity contribution >= 4 is 229 Å². The third kappa shape index (κ3) is 7.58. The summed E-state index contributed by atoms with van der Waals surface area (Å²) in [6.45, 7) is 0. The maximum Gasteiger partial charge on any atom is 0.160 e. The molecule has 9 aromatic heterocycles. The van der Waals surface area contributed by atoms with Crippen LogP contribution in [0, 0.1) is 0 Å². The van der Waals surface area contributed by atoms with Crippen molar-refractivity contribution in [3.05, 3.63) is 322 Å². The van der Waals surface area contributed by atoms with E-state index in [9.17, 15) is 0 Å². The molecule has 0 saturated heterocycles. The highest BCUT2D eigenvalue weighted by atomic mass is 16.3. The number of hydrogen-bond acceptors (Lipinski definition) is 6. The van der Waals surface area contributed by atoms with Crippen LogP contribution in [-0.4, -0.2) is 13.7 Å². The maximum absolute atomic E-state index is 7.57. The van der Waals surface area contributed by atoms with Crippen LogP contribution in [0.15, 0.2) is 348 Å². The van der Waals surface area contributed by atoms with E-state index >= 15 is 0 Å². The van der Waals surface area contributed by atoms with Gasteiger partial charge in [0.25, 0.3) is 0 Å². The zero-order chi connectivity index (χ0) is 71.7. The third-order valence-corrected chi connectivity index (χ3v) is 24.4. The zero-order valence-electron chi connectivity index (χ0n) is 58.9. The van der Waals surface area contributed by atoms with Crippen LogP contribution < -0.4 is 0 Å². The molecule has 0 unspecified atom stereocenters. The summed E-state index contributed by atoms with van der Waals surface area (Å²) in [6, 6.07) is 116. The summed E-state index contributed by atoms with van der Waals surface area (Å²) in [4.78, 5) is 0. The van der Waals surface area contributed by atoms with Gasteiger partial charge in [0.1, 0.15) is 55.8 Å². The van der Waals surface area contributed by atoms with Crippen LogP contribution >= 0.6 is 0 Å². The fourth-order valence-electron chi connectivity index (χ4n) is 19.7. The number of benzene rings is 18. The van der Waals surface area contributed by atoms with Crippen LogP contribution in [-0.2, 0) is 0 Å². The first-order valence-corrected chi connectivity index (χ1v) is 37.8. The highest BCUT2D eigenvalue weighted by molar-refractivity contribution is 6.38. The number of hydrogen-bond donors (Lipinski definition) is 0. The van der Waals surface area contributed by atoms with Crippen LogP contribution in [0.2, 0.25) is 0 Å². The van der Waals surface area contributed by atoms with E-state index in [0.717, 1.165) is 263 Å². The van der Waals surface area contributed by atoms with Crippen molar-refractivity contribution in [3.8, 4) is 39.3 Å². The first-order chi connectivity index (χ1) is 55.0. The van der Waals surface area contributed by atoms with Crippen LogP contribution in [0.25, 0.3) is 269 Å². The van der Waals surface area contributed by atoms with Crippen LogP contribution in [0.1, 0.15) is 0 Å². The van der Waals surface area contributed by atoms with Crippen molar-refractivity contribution in [1.29, 1.82) is 0 Å². The monoisotopic (exact) mass is 1420 g/mol. The highest BCUT2D eigenvalue weighted by Gasteiger charge is 2.30. The molecule has 0 aliphatic rings. The Hall–Kier alpha value is -15.1. The molecule has 0 aliphatic carbocycles. The number of fused-ring (bicyclic) bond motifs is 38. The van der Waals surface area contributed by atoms with Gasteiger partial charge in [-0.1, -0.05) is 200 Å². The van der Waals surface area contributed by atoms with Gasteiger partial charge in [0.05, 0.1) is 44.2 Å². The van der Waals surface area contributed by atoms with E-state index in [-0.39, 0.29) is 0 Å². The van der Waals surface area contributed by atoms with Gasteiger partial charge in [0.15, 0.2) is 11.2 Å². The molecule has 0 saturated carbocycles. The Balaban J connectivity index is 0.673. The lowest BCUT2D eigenvalue weighted by molar-refractivity contribution is 0.668. The average Bonchev–Trinajstić information content (AvgIpc) is 1.54. The molecule has 0 aliphatic heterocycles. The molecule has 512 valence electrons. The van der Waals surface area contributed by atoms with Gasteiger partial charge in [-0.15, -0.1) is 0 Å². The Labute approximate surface area is 626 Å². The molecule has 111 heavy (non-hydrogen) atoms. The number of furan rings is 6. The van der Waals surface area contributed by atoms with E-state index in [0.29, 0.717) is 0 Å². The van der Waals surface area contributed by atoms with Crippen LogP contribution in [0.5, 0.6) is 0 Å². The van der Waals surface area contributed by atoms with Gasteiger partial charge in [0.2, 0.25) is 0 Å². The smallest absolute Gasteiger partial charge is 0.160 e. The summed E-state index contributed by atoms with van der Waals surface area (Å²) in [5.74, 6) is 0. The molecule has 27 rings (SSSR count). The zero-order valence-corrected chi connectivity index (χ0v) is 58.9. The van der Waals surface area contributed by atoms with Crippen molar-refractivity contribution in [2.45, 2.75) is 0 Å². The van der Waals surface area contributed by atoms with Gasteiger partial charge >= 0.3 is 0 Å². The number of para-hydroxylation sites is 6. The Kier molecular flexibility index (Phi) is 11.0. The third-order valence-electron chi connectivity index (χ3n) is 24.4. The molecule has 0 amide bonds. The number of rotatable bonds is 5. The Bertz CT molecular complexity index is 8940. The quantitative estimate of drug-likeness (QED) is 0.170. The molecule has 0 radical (unpaired) electrons.